The molecular formula is C25H26O. The highest BCUT2D eigenvalue weighted by atomic mass is 16.1. The van der Waals surface area contributed by atoms with Crippen LogP contribution in [0.2, 0.25) is 0 Å². The zero-order valence-corrected chi connectivity index (χ0v) is 16.1. The molecule has 0 saturated carbocycles. The Hall–Kier alpha value is -2.41. The van der Waals surface area contributed by atoms with Crippen LogP contribution < -0.4 is 0 Å². The number of benzene rings is 3. The van der Waals surface area contributed by atoms with Gasteiger partial charge >= 0.3 is 0 Å². The van der Waals surface area contributed by atoms with Crippen molar-refractivity contribution < 1.29 is 4.79 Å². The van der Waals surface area contributed by atoms with E-state index in [2.05, 4.69) is 52.0 Å². The third kappa shape index (κ3) is 2.67. The highest BCUT2D eigenvalue weighted by Gasteiger charge is 2.39. The number of carbonyl (C=O) groups excluding carboxylic acids is 1. The van der Waals surface area contributed by atoms with Crippen molar-refractivity contribution in [1.82, 2.24) is 0 Å². The van der Waals surface area contributed by atoms with Crippen LogP contribution in [0.15, 0.2) is 60.7 Å². The van der Waals surface area contributed by atoms with Gasteiger partial charge in [0.05, 0.1) is 0 Å². The van der Waals surface area contributed by atoms with Gasteiger partial charge < -0.3 is 0 Å². The maximum atomic E-state index is 13.5. The Labute approximate surface area is 156 Å². The van der Waals surface area contributed by atoms with E-state index < -0.39 is 0 Å². The van der Waals surface area contributed by atoms with Crippen LogP contribution in [0.5, 0.6) is 0 Å². The summed E-state index contributed by atoms with van der Waals surface area (Å²) in [5.41, 5.74) is 4.36. The SMILES string of the molecule is CC1(C)CCC(C)(C)c2c(C(=O)c3ccc4ccccc4c3)cccc21. The number of hydrogen-bond acceptors (Lipinski definition) is 1. The number of carbonyl (C=O) groups is 1. The van der Waals surface area contributed by atoms with Gasteiger partial charge in [0, 0.05) is 11.1 Å². The van der Waals surface area contributed by atoms with Crippen LogP contribution in [0.1, 0.15) is 67.6 Å². The fraction of sp³-hybridized carbons (Fsp3) is 0.320. The van der Waals surface area contributed by atoms with Gasteiger partial charge in [0.2, 0.25) is 0 Å². The number of ketones is 1. The first kappa shape index (κ1) is 17.0. The molecule has 1 heteroatoms. The third-order valence-corrected chi connectivity index (χ3v) is 6.10. The Balaban J connectivity index is 1.89. The molecular weight excluding hydrogens is 316 g/mol. The second kappa shape index (κ2) is 5.81. The molecule has 0 bridgehead atoms. The van der Waals surface area contributed by atoms with Crippen LogP contribution in [0.25, 0.3) is 10.8 Å². The smallest absolute Gasteiger partial charge is 0.193 e. The molecule has 0 aromatic heterocycles. The Morgan fingerprint density at radius 1 is 0.769 bits per heavy atom. The van der Waals surface area contributed by atoms with E-state index in [9.17, 15) is 4.79 Å². The summed E-state index contributed by atoms with van der Waals surface area (Å²) in [5.74, 6) is 0.137. The second-order valence-electron chi connectivity index (χ2n) is 8.89. The molecule has 1 aliphatic carbocycles. The lowest BCUT2D eigenvalue weighted by Crippen LogP contribution is -2.35. The van der Waals surface area contributed by atoms with Gasteiger partial charge in [-0.2, -0.15) is 0 Å². The molecule has 0 radical (unpaired) electrons. The van der Waals surface area contributed by atoms with E-state index in [4.69, 9.17) is 0 Å². The minimum atomic E-state index is 0.0218. The van der Waals surface area contributed by atoms with E-state index in [0.29, 0.717) is 0 Å². The first-order chi connectivity index (χ1) is 12.3. The van der Waals surface area contributed by atoms with E-state index in [1.54, 1.807) is 0 Å². The molecule has 0 atom stereocenters. The zero-order chi connectivity index (χ0) is 18.5. The van der Waals surface area contributed by atoms with Crippen LogP contribution in [0, 0.1) is 0 Å². The van der Waals surface area contributed by atoms with Gasteiger partial charge in [-0.15, -0.1) is 0 Å². The van der Waals surface area contributed by atoms with E-state index in [1.807, 2.05) is 36.4 Å². The third-order valence-electron chi connectivity index (χ3n) is 6.10. The number of fused-ring (bicyclic) bond motifs is 2. The highest BCUT2D eigenvalue weighted by molar-refractivity contribution is 6.12. The fourth-order valence-electron chi connectivity index (χ4n) is 4.41. The monoisotopic (exact) mass is 342 g/mol. The van der Waals surface area contributed by atoms with E-state index in [1.165, 1.54) is 16.5 Å². The number of hydrogen-bond donors (Lipinski definition) is 0. The molecule has 4 rings (SSSR count). The van der Waals surface area contributed by atoms with Gasteiger partial charge in [-0.1, -0.05) is 82.3 Å². The van der Waals surface area contributed by atoms with Crippen molar-refractivity contribution in [2.75, 3.05) is 0 Å². The molecule has 132 valence electrons. The Kier molecular flexibility index (Phi) is 3.80. The van der Waals surface area contributed by atoms with Crippen molar-refractivity contribution in [1.29, 1.82) is 0 Å². The van der Waals surface area contributed by atoms with Crippen molar-refractivity contribution in [2.45, 2.75) is 51.4 Å². The van der Waals surface area contributed by atoms with E-state index in [-0.39, 0.29) is 16.6 Å². The summed E-state index contributed by atoms with van der Waals surface area (Å²) in [6, 6.07) is 20.5. The Morgan fingerprint density at radius 3 is 2.23 bits per heavy atom. The maximum absolute atomic E-state index is 13.5. The normalized spacial score (nSPS) is 17.7. The molecule has 1 aliphatic rings. The Morgan fingerprint density at radius 2 is 1.46 bits per heavy atom. The summed E-state index contributed by atoms with van der Waals surface area (Å²) in [6.07, 6.45) is 2.26. The molecule has 26 heavy (non-hydrogen) atoms. The lowest BCUT2D eigenvalue weighted by atomic mass is 9.61. The zero-order valence-electron chi connectivity index (χ0n) is 16.1. The fourth-order valence-corrected chi connectivity index (χ4v) is 4.41. The van der Waals surface area contributed by atoms with Gasteiger partial charge in [0.25, 0.3) is 0 Å². The van der Waals surface area contributed by atoms with Crippen molar-refractivity contribution in [3.63, 3.8) is 0 Å². The summed E-state index contributed by atoms with van der Waals surface area (Å²) >= 11 is 0. The molecule has 0 spiro atoms. The molecule has 1 nitrogen and oxygen atoms in total. The number of rotatable bonds is 2. The van der Waals surface area contributed by atoms with Gasteiger partial charge in [-0.25, -0.2) is 0 Å². The van der Waals surface area contributed by atoms with Gasteiger partial charge in [-0.3, -0.25) is 4.79 Å². The molecule has 3 aromatic rings. The molecule has 0 saturated heterocycles. The van der Waals surface area contributed by atoms with Crippen molar-refractivity contribution in [3.8, 4) is 0 Å². The average Bonchev–Trinajstić information content (AvgIpc) is 2.64. The van der Waals surface area contributed by atoms with Crippen LogP contribution in [-0.4, -0.2) is 5.78 Å². The van der Waals surface area contributed by atoms with E-state index >= 15 is 0 Å². The predicted molar refractivity (Wildman–Crippen MR) is 109 cm³/mol. The van der Waals surface area contributed by atoms with Gasteiger partial charge in [0.15, 0.2) is 5.78 Å². The first-order valence-electron chi connectivity index (χ1n) is 9.47. The van der Waals surface area contributed by atoms with Crippen molar-refractivity contribution in [3.05, 3.63) is 82.9 Å². The van der Waals surface area contributed by atoms with Crippen molar-refractivity contribution >= 4 is 16.6 Å². The minimum Gasteiger partial charge on any atom is -0.289 e. The minimum absolute atomic E-state index is 0.0218. The summed E-state index contributed by atoms with van der Waals surface area (Å²) in [4.78, 5) is 13.5. The van der Waals surface area contributed by atoms with Gasteiger partial charge in [-0.05, 0) is 51.6 Å². The molecule has 0 unspecified atom stereocenters. The summed E-state index contributed by atoms with van der Waals surface area (Å²) in [7, 11) is 0. The quantitative estimate of drug-likeness (QED) is 0.491. The topological polar surface area (TPSA) is 17.1 Å². The molecule has 0 N–H and O–H groups in total. The standard InChI is InChI=1S/C25H26O/c1-24(2)14-15-25(3,4)22-20(10-7-11-21(22)24)23(26)19-13-12-17-8-5-6-9-18(17)16-19/h5-13,16H,14-15H2,1-4H3. The van der Waals surface area contributed by atoms with Crippen LogP contribution in [-0.2, 0) is 10.8 Å². The largest absolute Gasteiger partial charge is 0.289 e. The van der Waals surface area contributed by atoms with Crippen LogP contribution in [0.4, 0.5) is 0 Å². The molecule has 0 aliphatic heterocycles. The predicted octanol–water partition coefficient (Wildman–Crippen LogP) is 6.42. The summed E-state index contributed by atoms with van der Waals surface area (Å²) in [5, 5.41) is 2.28. The van der Waals surface area contributed by atoms with Crippen molar-refractivity contribution in [2.24, 2.45) is 0 Å². The molecule has 0 amide bonds. The highest BCUT2D eigenvalue weighted by Crippen LogP contribution is 2.47. The molecule has 0 fully saturated rings. The lowest BCUT2D eigenvalue weighted by Gasteiger charge is -2.42. The molecule has 3 aromatic carbocycles. The summed E-state index contributed by atoms with van der Waals surface area (Å²) < 4.78 is 0. The summed E-state index contributed by atoms with van der Waals surface area (Å²) in [6.45, 7) is 9.15. The maximum Gasteiger partial charge on any atom is 0.193 e. The lowest BCUT2D eigenvalue weighted by molar-refractivity contribution is 0.103. The van der Waals surface area contributed by atoms with Gasteiger partial charge in [0.1, 0.15) is 0 Å². The van der Waals surface area contributed by atoms with Crippen LogP contribution >= 0.6 is 0 Å². The molecule has 0 heterocycles. The second-order valence-corrected chi connectivity index (χ2v) is 8.89. The Bertz CT molecular complexity index is 1010. The first-order valence-corrected chi connectivity index (χ1v) is 9.47. The van der Waals surface area contributed by atoms with Crippen LogP contribution in [0.3, 0.4) is 0 Å². The van der Waals surface area contributed by atoms with E-state index in [0.717, 1.165) is 29.4 Å². The average molecular weight is 342 g/mol.